The molecule has 5 rings (SSSR count). The van der Waals surface area contributed by atoms with Crippen LogP contribution in [0.4, 0.5) is 0 Å². The Balaban J connectivity index is 1.24. The minimum absolute atomic E-state index is 0.154. The summed E-state index contributed by atoms with van der Waals surface area (Å²) in [6.07, 6.45) is 3.33. The van der Waals surface area contributed by atoms with Gasteiger partial charge in [-0.1, -0.05) is 97.6 Å². The molecule has 3 N–H and O–H groups in total. The van der Waals surface area contributed by atoms with Crippen LogP contribution in [0, 0.1) is 6.92 Å². The highest BCUT2D eigenvalue weighted by Gasteiger charge is 2.33. The number of amides is 5. The van der Waals surface area contributed by atoms with E-state index < -0.39 is 12.1 Å². The summed E-state index contributed by atoms with van der Waals surface area (Å²) in [7, 11) is 0. The Morgan fingerprint density at radius 2 is 1.37 bits per heavy atom. The number of rotatable bonds is 15. The maximum absolute atomic E-state index is 14.1. The number of hydrogen-bond acceptors (Lipinski definition) is 5. The molecule has 1 heterocycles. The third-order valence-electron chi connectivity index (χ3n) is 9.47. The van der Waals surface area contributed by atoms with Crippen molar-refractivity contribution < 1.29 is 24.0 Å². The van der Waals surface area contributed by atoms with Crippen LogP contribution in [0.15, 0.2) is 110 Å². The summed E-state index contributed by atoms with van der Waals surface area (Å²) in [5.41, 5.74) is 3.31. The molecule has 10 nitrogen and oxygen atoms in total. The Hall–Kier alpha value is -5.77. The number of hydrogen-bond donors (Lipinski definition) is 3. The first-order valence-corrected chi connectivity index (χ1v) is 17.9. The largest absolute Gasteiger partial charge is 0.353 e. The summed E-state index contributed by atoms with van der Waals surface area (Å²) in [6.45, 7) is 7.01. The zero-order chi connectivity index (χ0) is 36.9. The van der Waals surface area contributed by atoms with E-state index in [1.54, 1.807) is 15.9 Å². The lowest BCUT2D eigenvalue weighted by Gasteiger charge is -2.38. The van der Waals surface area contributed by atoms with Gasteiger partial charge in [0.2, 0.25) is 23.6 Å². The summed E-state index contributed by atoms with van der Waals surface area (Å²) in [5, 5.41) is 10.5. The Bertz CT molecular complexity index is 1880. The predicted molar refractivity (Wildman–Crippen MR) is 202 cm³/mol. The predicted octanol–water partition coefficient (Wildman–Crippen LogP) is 4.36. The third-order valence-corrected chi connectivity index (χ3v) is 9.47. The Morgan fingerprint density at radius 1 is 0.731 bits per heavy atom. The Labute approximate surface area is 305 Å². The van der Waals surface area contributed by atoms with Gasteiger partial charge in [-0.25, -0.2) is 0 Å². The van der Waals surface area contributed by atoms with E-state index in [4.69, 9.17) is 0 Å². The van der Waals surface area contributed by atoms with Crippen LogP contribution in [0.1, 0.15) is 46.3 Å². The van der Waals surface area contributed by atoms with Gasteiger partial charge in [-0.15, -0.1) is 0 Å². The summed E-state index contributed by atoms with van der Waals surface area (Å²) in [6, 6.07) is 28.9. The number of nitrogens with zero attached hydrogens (tertiary/aromatic N) is 2. The average Bonchev–Trinajstić information content (AvgIpc) is 3.17. The van der Waals surface area contributed by atoms with E-state index in [9.17, 15) is 24.0 Å². The number of nitrogens with one attached hydrogen (secondary N) is 3. The normalized spacial score (nSPS) is 13.9. The van der Waals surface area contributed by atoms with Crippen LogP contribution in [-0.2, 0) is 32.0 Å². The van der Waals surface area contributed by atoms with Crippen LogP contribution in [0.5, 0.6) is 0 Å². The first-order valence-electron chi connectivity index (χ1n) is 17.9. The molecule has 0 bridgehead atoms. The molecular formula is C42H47N5O5. The van der Waals surface area contributed by atoms with Gasteiger partial charge in [-0.05, 0) is 65.8 Å². The van der Waals surface area contributed by atoms with Gasteiger partial charge < -0.3 is 25.8 Å². The number of piperazine rings is 1. The zero-order valence-electron chi connectivity index (χ0n) is 29.7. The SMILES string of the molecule is C=CC(=O)NCCCC[C@H](NC(=O)Cc1ccccc1C)C(=O)N1CCN(C(=O)[C@H](Cc2ccccc2)NC(=O)c2cccc3ccccc23)CC1. The molecule has 4 aromatic rings. The summed E-state index contributed by atoms with van der Waals surface area (Å²) >= 11 is 0. The van der Waals surface area contributed by atoms with Gasteiger partial charge >= 0.3 is 0 Å². The van der Waals surface area contributed by atoms with E-state index in [1.165, 1.54) is 6.08 Å². The smallest absolute Gasteiger partial charge is 0.252 e. The number of unbranched alkanes of at least 4 members (excludes halogenated alkanes) is 1. The Morgan fingerprint density at radius 3 is 2.08 bits per heavy atom. The first-order chi connectivity index (χ1) is 25.2. The Kier molecular flexibility index (Phi) is 13.3. The van der Waals surface area contributed by atoms with E-state index in [2.05, 4.69) is 22.5 Å². The minimum Gasteiger partial charge on any atom is -0.353 e. The van der Waals surface area contributed by atoms with Crippen LogP contribution in [-0.4, -0.2) is 84.1 Å². The van der Waals surface area contributed by atoms with Gasteiger partial charge in [-0.2, -0.15) is 0 Å². The molecule has 0 radical (unpaired) electrons. The van der Waals surface area contributed by atoms with Crippen LogP contribution in [0.2, 0.25) is 0 Å². The van der Waals surface area contributed by atoms with Crippen LogP contribution < -0.4 is 16.0 Å². The van der Waals surface area contributed by atoms with Crippen molar-refractivity contribution in [3.05, 3.63) is 132 Å². The summed E-state index contributed by atoms with van der Waals surface area (Å²) in [5.74, 6) is -1.24. The lowest BCUT2D eigenvalue weighted by molar-refractivity contribution is -0.142. The molecule has 0 unspecified atom stereocenters. The molecule has 1 fully saturated rings. The second-order valence-corrected chi connectivity index (χ2v) is 13.1. The van der Waals surface area contributed by atoms with Crippen molar-refractivity contribution >= 4 is 40.3 Å². The molecular weight excluding hydrogens is 654 g/mol. The second kappa shape index (κ2) is 18.5. The topological polar surface area (TPSA) is 128 Å². The molecule has 0 spiro atoms. The maximum Gasteiger partial charge on any atom is 0.252 e. The molecule has 2 atom stereocenters. The van der Waals surface area contributed by atoms with Gasteiger partial charge in [0.05, 0.1) is 6.42 Å². The molecule has 10 heteroatoms. The average molecular weight is 702 g/mol. The number of benzene rings is 4. The van der Waals surface area contributed by atoms with E-state index in [0.29, 0.717) is 50.9 Å². The number of fused-ring (bicyclic) bond motifs is 1. The van der Waals surface area contributed by atoms with E-state index in [0.717, 1.165) is 27.5 Å². The molecule has 0 aliphatic carbocycles. The molecule has 270 valence electrons. The maximum atomic E-state index is 14.1. The van der Waals surface area contributed by atoms with Gasteiger partial charge in [-0.3, -0.25) is 24.0 Å². The lowest BCUT2D eigenvalue weighted by Crippen LogP contribution is -2.58. The van der Waals surface area contributed by atoms with Crippen LogP contribution in [0.3, 0.4) is 0 Å². The van der Waals surface area contributed by atoms with Crippen molar-refractivity contribution in [1.29, 1.82) is 0 Å². The van der Waals surface area contributed by atoms with E-state index in [1.807, 2.05) is 97.9 Å². The van der Waals surface area contributed by atoms with Crippen molar-refractivity contribution in [2.75, 3.05) is 32.7 Å². The highest BCUT2D eigenvalue weighted by atomic mass is 16.2. The zero-order valence-corrected chi connectivity index (χ0v) is 29.7. The van der Waals surface area contributed by atoms with Crippen molar-refractivity contribution in [3.63, 3.8) is 0 Å². The fourth-order valence-electron chi connectivity index (χ4n) is 6.54. The molecule has 4 aromatic carbocycles. The summed E-state index contributed by atoms with van der Waals surface area (Å²) in [4.78, 5) is 69.8. The second-order valence-electron chi connectivity index (χ2n) is 13.1. The first kappa shape index (κ1) is 37.5. The standard InChI is InChI=1S/C42H47N5O5/c1-3-38(48)43-23-12-11-22-36(44-39(49)29-33-18-8-7-14-30(33)2)41(51)46-24-26-47(27-25-46)42(52)37(28-31-15-5-4-6-16-31)45-40(50)35-21-13-19-32-17-9-10-20-34(32)35/h3-10,13-21,36-37H,1,11-12,22-29H2,2H3,(H,43,48)(H,44,49)(H,45,50)/t36-,37-/m0/s1. The van der Waals surface area contributed by atoms with Crippen LogP contribution in [0.25, 0.3) is 10.8 Å². The van der Waals surface area contributed by atoms with Gasteiger partial charge in [0.1, 0.15) is 12.1 Å². The van der Waals surface area contributed by atoms with Crippen LogP contribution >= 0.6 is 0 Å². The fraction of sp³-hybridized carbons (Fsp3) is 0.310. The quantitative estimate of drug-likeness (QED) is 0.125. The van der Waals surface area contributed by atoms with E-state index in [-0.39, 0.29) is 49.0 Å². The number of aryl methyl sites for hydroxylation is 1. The van der Waals surface area contributed by atoms with Crippen molar-refractivity contribution in [2.45, 2.75) is 51.1 Å². The lowest BCUT2D eigenvalue weighted by atomic mass is 10.0. The monoisotopic (exact) mass is 701 g/mol. The highest BCUT2D eigenvalue weighted by Crippen LogP contribution is 2.20. The van der Waals surface area contributed by atoms with Gasteiger partial charge in [0, 0.05) is 44.7 Å². The minimum atomic E-state index is -0.814. The molecule has 5 amide bonds. The fourth-order valence-corrected chi connectivity index (χ4v) is 6.54. The van der Waals surface area contributed by atoms with Gasteiger partial charge in [0.15, 0.2) is 0 Å². The number of carbonyl (C=O) groups is 5. The van der Waals surface area contributed by atoms with E-state index >= 15 is 0 Å². The molecule has 1 aliphatic heterocycles. The van der Waals surface area contributed by atoms with Crippen molar-refractivity contribution in [3.8, 4) is 0 Å². The van der Waals surface area contributed by atoms with Gasteiger partial charge in [0.25, 0.3) is 5.91 Å². The molecule has 0 aromatic heterocycles. The molecule has 52 heavy (non-hydrogen) atoms. The molecule has 0 saturated carbocycles. The highest BCUT2D eigenvalue weighted by molar-refractivity contribution is 6.08. The third kappa shape index (κ3) is 10.2. The summed E-state index contributed by atoms with van der Waals surface area (Å²) < 4.78 is 0. The molecule has 1 saturated heterocycles. The molecule has 1 aliphatic rings. The van der Waals surface area contributed by atoms with Crippen molar-refractivity contribution in [2.24, 2.45) is 0 Å². The van der Waals surface area contributed by atoms with Crippen molar-refractivity contribution in [1.82, 2.24) is 25.8 Å². The number of carbonyl (C=O) groups excluding carboxylic acids is 5.